The van der Waals surface area contributed by atoms with Crippen LogP contribution in [0.4, 0.5) is 10.1 Å². The standard InChI is InChI=1S/C29H18FN7OS/c30-23-12-18(19-10-20(14-31-13-19)33-29(38)16-4-2-1-3-5-16)11-22-24(23)36-37-26(22)28-34-25-21(17-7-9-39-15-17)6-8-32-27(25)35-28/h1-15H,(H,33,38)(H,36,37)(H,32,34,35). The Morgan fingerprint density at radius 1 is 0.974 bits per heavy atom. The number of thiophene rings is 1. The molecule has 3 N–H and O–H groups in total. The van der Waals surface area contributed by atoms with Crippen LogP contribution in [-0.4, -0.2) is 36.0 Å². The van der Waals surface area contributed by atoms with E-state index in [0.717, 1.165) is 11.1 Å². The number of carbonyl (C=O) groups excluding carboxylic acids is 1. The summed E-state index contributed by atoms with van der Waals surface area (Å²) in [4.78, 5) is 29.3. The van der Waals surface area contributed by atoms with Gasteiger partial charge in [0.2, 0.25) is 0 Å². The van der Waals surface area contributed by atoms with Gasteiger partial charge in [-0.1, -0.05) is 18.2 Å². The first kappa shape index (κ1) is 22.9. The van der Waals surface area contributed by atoms with Gasteiger partial charge in [-0.15, -0.1) is 0 Å². The molecule has 7 rings (SSSR count). The Labute approximate surface area is 224 Å². The number of aromatic nitrogens is 6. The monoisotopic (exact) mass is 531 g/mol. The van der Waals surface area contributed by atoms with Crippen LogP contribution >= 0.6 is 11.3 Å². The Hall–Kier alpha value is -5.22. The first-order valence-corrected chi connectivity index (χ1v) is 13.0. The number of amides is 1. The minimum absolute atomic E-state index is 0.256. The first-order chi connectivity index (χ1) is 19.1. The van der Waals surface area contributed by atoms with Crippen molar-refractivity contribution in [2.45, 2.75) is 0 Å². The zero-order chi connectivity index (χ0) is 26.3. The third-order valence-corrected chi connectivity index (χ3v) is 7.11. The third kappa shape index (κ3) is 4.12. The normalized spacial score (nSPS) is 11.3. The van der Waals surface area contributed by atoms with E-state index in [1.54, 1.807) is 60.3 Å². The molecule has 188 valence electrons. The predicted octanol–water partition coefficient (Wildman–Crippen LogP) is 6.68. The van der Waals surface area contributed by atoms with Crippen LogP contribution in [0.5, 0.6) is 0 Å². The van der Waals surface area contributed by atoms with E-state index in [9.17, 15) is 4.79 Å². The van der Waals surface area contributed by atoms with Gasteiger partial charge >= 0.3 is 0 Å². The van der Waals surface area contributed by atoms with Crippen LogP contribution in [0.25, 0.3) is 55.8 Å². The Morgan fingerprint density at radius 3 is 2.72 bits per heavy atom. The van der Waals surface area contributed by atoms with E-state index >= 15 is 4.39 Å². The van der Waals surface area contributed by atoms with Crippen LogP contribution < -0.4 is 5.32 Å². The molecule has 0 bridgehead atoms. The molecule has 7 aromatic rings. The zero-order valence-corrected chi connectivity index (χ0v) is 21.0. The molecule has 10 heteroatoms. The van der Waals surface area contributed by atoms with Crippen LogP contribution in [0.2, 0.25) is 0 Å². The number of benzene rings is 2. The second kappa shape index (κ2) is 9.26. The number of halogens is 1. The van der Waals surface area contributed by atoms with E-state index in [2.05, 4.69) is 35.8 Å². The van der Waals surface area contributed by atoms with Gasteiger partial charge in [0, 0.05) is 34.5 Å². The van der Waals surface area contributed by atoms with Crippen molar-refractivity contribution in [2.75, 3.05) is 5.32 Å². The molecule has 1 amide bonds. The third-order valence-electron chi connectivity index (χ3n) is 6.43. The summed E-state index contributed by atoms with van der Waals surface area (Å²) in [6.07, 6.45) is 4.90. The average molecular weight is 532 g/mol. The largest absolute Gasteiger partial charge is 0.321 e. The van der Waals surface area contributed by atoms with E-state index in [1.807, 2.05) is 29.6 Å². The maximum Gasteiger partial charge on any atom is 0.255 e. The molecular weight excluding hydrogens is 513 g/mol. The summed E-state index contributed by atoms with van der Waals surface area (Å²) < 4.78 is 15.2. The maximum atomic E-state index is 15.2. The Morgan fingerprint density at radius 2 is 1.87 bits per heavy atom. The van der Waals surface area contributed by atoms with Crippen LogP contribution in [0.1, 0.15) is 10.4 Å². The molecule has 2 aromatic carbocycles. The highest BCUT2D eigenvalue weighted by molar-refractivity contribution is 7.08. The van der Waals surface area contributed by atoms with Crippen LogP contribution in [-0.2, 0) is 0 Å². The summed E-state index contributed by atoms with van der Waals surface area (Å²) in [7, 11) is 0. The van der Waals surface area contributed by atoms with E-state index in [0.29, 0.717) is 50.4 Å². The lowest BCUT2D eigenvalue weighted by molar-refractivity contribution is 0.102. The summed E-state index contributed by atoms with van der Waals surface area (Å²) in [6, 6.07) is 17.9. The van der Waals surface area contributed by atoms with E-state index in [-0.39, 0.29) is 11.4 Å². The van der Waals surface area contributed by atoms with Crippen molar-refractivity contribution in [1.29, 1.82) is 0 Å². The number of fused-ring (bicyclic) bond motifs is 2. The van der Waals surface area contributed by atoms with Crippen LogP contribution in [0.15, 0.2) is 90.0 Å². The van der Waals surface area contributed by atoms with Crippen molar-refractivity contribution < 1.29 is 9.18 Å². The lowest BCUT2D eigenvalue weighted by Gasteiger charge is -2.08. The van der Waals surface area contributed by atoms with Gasteiger partial charge in [0.05, 0.1) is 11.9 Å². The summed E-state index contributed by atoms with van der Waals surface area (Å²) in [5, 5.41) is 14.7. The zero-order valence-electron chi connectivity index (χ0n) is 20.1. The molecule has 0 saturated heterocycles. The van der Waals surface area contributed by atoms with Crippen molar-refractivity contribution >= 4 is 45.0 Å². The predicted molar refractivity (Wildman–Crippen MR) is 150 cm³/mol. The molecule has 8 nitrogen and oxygen atoms in total. The molecular formula is C29H18FN7OS. The molecule has 0 fully saturated rings. The second-order valence-electron chi connectivity index (χ2n) is 8.89. The van der Waals surface area contributed by atoms with Gasteiger partial charge in [0.15, 0.2) is 11.5 Å². The number of hydrogen-bond acceptors (Lipinski definition) is 6. The van der Waals surface area contributed by atoms with E-state index < -0.39 is 5.82 Å². The molecule has 0 unspecified atom stereocenters. The Kier molecular flexibility index (Phi) is 5.45. The lowest BCUT2D eigenvalue weighted by atomic mass is 10.0. The van der Waals surface area contributed by atoms with Crippen LogP contribution in [0.3, 0.4) is 0 Å². The van der Waals surface area contributed by atoms with Crippen molar-refractivity contribution in [3.8, 4) is 33.8 Å². The summed E-state index contributed by atoms with van der Waals surface area (Å²) in [5.41, 5.74) is 6.33. The van der Waals surface area contributed by atoms with Gasteiger partial charge in [-0.05, 0) is 64.4 Å². The summed E-state index contributed by atoms with van der Waals surface area (Å²) in [6.45, 7) is 0. The number of hydrogen-bond donors (Lipinski definition) is 3. The van der Waals surface area contributed by atoms with Gasteiger partial charge in [-0.25, -0.2) is 14.4 Å². The molecule has 0 saturated carbocycles. The molecule has 0 aliphatic heterocycles. The molecule has 0 radical (unpaired) electrons. The van der Waals surface area contributed by atoms with Crippen molar-refractivity contribution in [1.82, 2.24) is 30.1 Å². The molecule has 5 heterocycles. The quantitative estimate of drug-likeness (QED) is 0.229. The number of nitrogens with zero attached hydrogens (tertiary/aromatic N) is 4. The van der Waals surface area contributed by atoms with Gasteiger partial charge in [-0.3, -0.25) is 14.9 Å². The van der Waals surface area contributed by atoms with Gasteiger partial charge in [-0.2, -0.15) is 16.4 Å². The van der Waals surface area contributed by atoms with E-state index in [4.69, 9.17) is 4.98 Å². The number of H-pyrrole nitrogens is 2. The minimum atomic E-state index is -0.465. The summed E-state index contributed by atoms with van der Waals surface area (Å²) in [5.74, 6) is -0.244. The van der Waals surface area contributed by atoms with Gasteiger partial charge in [0.25, 0.3) is 5.91 Å². The number of nitrogens with one attached hydrogen (secondary N) is 3. The lowest BCUT2D eigenvalue weighted by Crippen LogP contribution is -2.11. The fourth-order valence-corrected chi connectivity index (χ4v) is 5.21. The van der Waals surface area contributed by atoms with E-state index in [1.165, 1.54) is 6.07 Å². The number of pyridine rings is 2. The molecule has 0 aliphatic carbocycles. The number of anilines is 1. The topological polar surface area (TPSA) is 112 Å². The fraction of sp³-hybridized carbons (Fsp3) is 0. The minimum Gasteiger partial charge on any atom is -0.321 e. The highest BCUT2D eigenvalue weighted by atomic mass is 32.1. The van der Waals surface area contributed by atoms with Gasteiger partial charge in [0.1, 0.15) is 22.5 Å². The van der Waals surface area contributed by atoms with Gasteiger partial charge < -0.3 is 10.3 Å². The molecule has 0 atom stereocenters. The maximum absolute atomic E-state index is 15.2. The van der Waals surface area contributed by atoms with Crippen molar-refractivity contribution in [3.05, 3.63) is 101 Å². The number of aromatic amines is 2. The number of rotatable bonds is 5. The fourth-order valence-electron chi connectivity index (χ4n) is 4.56. The Bertz CT molecular complexity index is 1980. The molecule has 5 aromatic heterocycles. The average Bonchev–Trinajstić information content (AvgIpc) is 3.73. The Balaban J connectivity index is 1.28. The van der Waals surface area contributed by atoms with Crippen molar-refractivity contribution in [2.24, 2.45) is 0 Å². The smallest absolute Gasteiger partial charge is 0.255 e. The number of imidazole rings is 1. The summed E-state index contributed by atoms with van der Waals surface area (Å²) >= 11 is 1.61. The second-order valence-corrected chi connectivity index (χ2v) is 9.67. The number of carbonyl (C=O) groups is 1. The SMILES string of the molecule is O=C(Nc1cncc(-c2cc(F)c3[nH]nc(-c4nc5c(-c6ccsc6)ccnc5[nH]4)c3c2)c1)c1ccccc1. The molecule has 0 spiro atoms. The first-order valence-electron chi connectivity index (χ1n) is 12.0. The van der Waals surface area contributed by atoms with Crippen molar-refractivity contribution in [3.63, 3.8) is 0 Å². The highest BCUT2D eigenvalue weighted by Gasteiger charge is 2.19. The van der Waals surface area contributed by atoms with Crippen LogP contribution in [0, 0.1) is 5.82 Å². The highest BCUT2D eigenvalue weighted by Crippen LogP contribution is 2.34. The molecule has 0 aliphatic rings. The molecule has 39 heavy (non-hydrogen) atoms.